The Labute approximate surface area is 78.1 Å². The van der Waals surface area contributed by atoms with Crippen molar-refractivity contribution in [2.75, 3.05) is 0 Å². The van der Waals surface area contributed by atoms with Gasteiger partial charge in [-0.2, -0.15) is 0 Å². The van der Waals surface area contributed by atoms with Gasteiger partial charge in [-0.25, -0.2) is 0 Å². The largest absolute Gasteiger partial charge is 0.772 e. The molecular weight excluding hydrogens is 186 g/mol. The van der Waals surface area contributed by atoms with Crippen molar-refractivity contribution in [3.05, 3.63) is 36.0 Å². The summed E-state index contributed by atoms with van der Waals surface area (Å²) in [5.74, 6) is 0.0673. The molecule has 13 heavy (non-hydrogen) atoms. The van der Waals surface area contributed by atoms with Crippen molar-refractivity contribution in [3.63, 3.8) is 0 Å². The van der Waals surface area contributed by atoms with E-state index >= 15 is 0 Å². The van der Waals surface area contributed by atoms with Gasteiger partial charge in [0.05, 0.1) is 0 Å². The van der Waals surface area contributed by atoms with Crippen LogP contribution in [0, 0.1) is 0 Å². The highest BCUT2D eigenvalue weighted by Gasteiger charge is 2.00. The molecule has 1 heterocycles. The lowest BCUT2D eigenvalue weighted by Crippen LogP contribution is -1.93. The summed E-state index contributed by atoms with van der Waals surface area (Å²) in [5, 5.41) is 1.04. The molecule has 3 nitrogen and oxygen atoms in total. The van der Waals surface area contributed by atoms with Crippen molar-refractivity contribution in [1.29, 1.82) is 0 Å². The molecule has 0 aliphatic heterocycles. The Morgan fingerprint density at radius 3 is 3.00 bits per heavy atom. The van der Waals surface area contributed by atoms with Crippen molar-refractivity contribution in [2.24, 2.45) is 0 Å². The zero-order valence-electron chi connectivity index (χ0n) is 6.82. The quantitative estimate of drug-likeness (QED) is 0.737. The molecule has 2 aromatic rings. The molecule has 1 N–H and O–H groups in total. The molecule has 0 radical (unpaired) electrons. The first-order valence-corrected chi connectivity index (χ1v) is 5.12. The Morgan fingerprint density at radius 1 is 1.38 bits per heavy atom. The maximum Gasteiger partial charge on any atom is 0.0495 e. The van der Waals surface area contributed by atoms with Crippen LogP contribution in [0.15, 0.2) is 30.5 Å². The first kappa shape index (κ1) is 8.47. The van der Waals surface area contributed by atoms with Crippen LogP contribution in [-0.4, -0.2) is 13.7 Å². The van der Waals surface area contributed by atoms with E-state index < -0.39 is 11.1 Å². The molecule has 0 fully saturated rings. The van der Waals surface area contributed by atoms with Crippen molar-refractivity contribution in [3.8, 4) is 0 Å². The Morgan fingerprint density at radius 2 is 2.23 bits per heavy atom. The molecule has 68 valence electrons. The van der Waals surface area contributed by atoms with E-state index in [2.05, 4.69) is 4.98 Å². The van der Waals surface area contributed by atoms with Crippen molar-refractivity contribution >= 4 is 22.0 Å². The molecule has 4 heteroatoms. The molecule has 0 aliphatic carbocycles. The highest BCUT2D eigenvalue weighted by Crippen LogP contribution is 2.17. The topological polar surface area (TPSA) is 55.9 Å². The standard InChI is InChI=1S/C9H9NO2S/c11-13(12)6-8-3-1-2-7-4-5-10-9(7)8/h1-5,10H,6H2,(H,11,12)/p-1. The first-order valence-electron chi connectivity index (χ1n) is 3.88. The Balaban J connectivity index is 2.54. The van der Waals surface area contributed by atoms with Gasteiger partial charge in [0.15, 0.2) is 0 Å². The second-order valence-electron chi connectivity index (χ2n) is 2.81. The van der Waals surface area contributed by atoms with Gasteiger partial charge in [-0.3, -0.25) is 4.21 Å². The smallest absolute Gasteiger partial charge is 0.0495 e. The fraction of sp³-hybridized carbons (Fsp3) is 0.111. The highest BCUT2D eigenvalue weighted by atomic mass is 32.2. The second-order valence-corrected chi connectivity index (χ2v) is 3.70. The summed E-state index contributed by atoms with van der Waals surface area (Å²) in [5.41, 5.74) is 1.72. The molecule has 1 unspecified atom stereocenters. The van der Waals surface area contributed by atoms with Gasteiger partial charge in [0.2, 0.25) is 0 Å². The minimum absolute atomic E-state index is 0.0673. The van der Waals surface area contributed by atoms with Crippen LogP contribution in [0.4, 0.5) is 0 Å². The number of para-hydroxylation sites is 1. The average molecular weight is 194 g/mol. The lowest BCUT2D eigenvalue weighted by atomic mass is 10.2. The van der Waals surface area contributed by atoms with Gasteiger partial charge in [-0.1, -0.05) is 29.3 Å². The van der Waals surface area contributed by atoms with Gasteiger partial charge in [-0.05, 0) is 17.0 Å². The monoisotopic (exact) mass is 194 g/mol. The Bertz CT molecular complexity index is 450. The van der Waals surface area contributed by atoms with Crippen LogP contribution in [0.2, 0.25) is 0 Å². The zero-order chi connectivity index (χ0) is 9.26. The molecule has 0 amide bonds. The zero-order valence-corrected chi connectivity index (χ0v) is 7.64. The molecule has 2 rings (SSSR count). The van der Waals surface area contributed by atoms with Crippen LogP contribution < -0.4 is 0 Å². The van der Waals surface area contributed by atoms with Crippen molar-refractivity contribution in [2.45, 2.75) is 5.75 Å². The number of benzene rings is 1. The number of fused-ring (bicyclic) bond motifs is 1. The number of aromatic amines is 1. The van der Waals surface area contributed by atoms with Crippen molar-refractivity contribution in [1.82, 2.24) is 4.98 Å². The van der Waals surface area contributed by atoms with E-state index in [9.17, 15) is 8.76 Å². The minimum Gasteiger partial charge on any atom is -0.772 e. The summed E-state index contributed by atoms with van der Waals surface area (Å²) in [7, 11) is 0. The third kappa shape index (κ3) is 1.64. The van der Waals surface area contributed by atoms with Gasteiger partial charge in [-0.15, -0.1) is 0 Å². The molecule has 0 saturated carbocycles. The van der Waals surface area contributed by atoms with Gasteiger partial charge < -0.3 is 9.54 Å². The van der Waals surface area contributed by atoms with Gasteiger partial charge in [0, 0.05) is 17.5 Å². The summed E-state index contributed by atoms with van der Waals surface area (Å²) in [6.45, 7) is 0. The summed E-state index contributed by atoms with van der Waals surface area (Å²) in [6.07, 6.45) is 1.81. The predicted molar refractivity (Wildman–Crippen MR) is 50.9 cm³/mol. The van der Waals surface area contributed by atoms with E-state index in [1.807, 2.05) is 30.5 Å². The summed E-state index contributed by atoms with van der Waals surface area (Å²) >= 11 is -2.03. The fourth-order valence-electron chi connectivity index (χ4n) is 1.40. The van der Waals surface area contributed by atoms with Crippen LogP contribution in [0.5, 0.6) is 0 Å². The van der Waals surface area contributed by atoms with E-state index in [0.29, 0.717) is 0 Å². The van der Waals surface area contributed by atoms with E-state index in [-0.39, 0.29) is 5.75 Å². The van der Waals surface area contributed by atoms with Gasteiger partial charge in [0.25, 0.3) is 0 Å². The van der Waals surface area contributed by atoms with Crippen LogP contribution in [0.25, 0.3) is 10.9 Å². The highest BCUT2D eigenvalue weighted by molar-refractivity contribution is 7.78. The third-order valence-electron chi connectivity index (χ3n) is 1.95. The molecule has 1 aromatic carbocycles. The maximum atomic E-state index is 10.5. The lowest BCUT2D eigenvalue weighted by Gasteiger charge is -2.05. The SMILES string of the molecule is O=S([O-])Cc1cccc2cc[nH]c12. The van der Waals surface area contributed by atoms with Gasteiger partial charge in [0.1, 0.15) is 0 Å². The maximum absolute atomic E-state index is 10.5. The average Bonchev–Trinajstić information content (AvgIpc) is 2.51. The Hall–Kier alpha value is -1.13. The second kappa shape index (κ2) is 3.32. The van der Waals surface area contributed by atoms with E-state index in [1.165, 1.54) is 0 Å². The summed E-state index contributed by atoms with van der Waals surface area (Å²) in [6, 6.07) is 7.54. The lowest BCUT2D eigenvalue weighted by molar-refractivity contribution is 0.536. The molecule has 0 saturated heterocycles. The van der Waals surface area contributed by atoms with Gasteiger partial charge >= 0.3 is 0 Å². The first-order chi connectivity index (χ1) is 6.27. The Kier molecular flexibility index (Phi) is 2.16. The molecular formula is C9H8NO2S-. The van der Waals surface area contributed by atoms with Crippen molar-refractivity contribution < 1.29 is 8.76 Å². The van der Waals surface area contributed by atoms with Crippen LogP contribution in [0.3, 0.4) is 0 Å². The number of aromatic nitrogens is 1. The molecule has 0 spiro atoms. The molecule has 1 aromatic heterocycles. The summed E-state index contributed by atoms with van der Waals surface area (Å²) in [4.78, 5) is 3.02. The van der Waals surface area contributed by atoms with Crippen LogP contribution in [0.1, 0.15) is 5.56 Å². The number of hydrogen-bond donors (Lipinski definition) is 1. The van der Waals surface area contributed by atoms with E-state index in [4.69, 9.17) is 0 Å². The fourth-order valence-corrected chi connectivity index (χ4v) is 1.89. The van der Waals surface area contributed by atoms with E-state index in [0.717, 1.165) is 16.5 Å². The molecule has 1 atom stereocenters. The number of nitrogens with one attached hydrogen (secondary N) is 1. The number of rotatable bonds is 2. The number of H-pyrrole nitrogens is 1. The molecule has 0 aliphatic rings. The third-order valence-corrected chi connectivity index (χ3v) is 2.49. The van der Waals surface area contributed by atoms with Crippen LogP contribution >= 0.6 is 0 Å². The van der Waals surface area contributed by atoms with Crippen LogP contribution in [-0.2, 0) is 16.8 Å². The predicted octanol–water partition coefficient (Wildman–Crippen LogP) is 1.55. The summed E-state index contributed by atoms with van der Waals surface area (Å²) < 4.78 is 21.0. The normalized spacial score (nSPS) is 13.3. The molecule has 0 bridgehead atoms. The van der Waals surface area contributed by atoms with E-state index in [1.54, 1.807) is 0 Å². The number of hydrogen-bond acceptors (Lipinski definition) is 2. The minimum atomic E-state index is -2.03.